The van der Waals surface area contributed by atoms with Crippen molar-refractivity contribution in [2.45, 2.75) is 18.9 Å². The number of rotatable bonds is 6. The lowest BCUT2D eigenvalue weighted by atomic mass is 10.1. The van der Waals surface area contributed by atoms with Gasteiger partial charge < -0.3 is 0 Å². The van der Waals surface area contributed by atoms with Crippen LogP contribution in [0, 0.1) is 11.3 Å². The fraction of sp³-hybridized carbons (Fsp3) is 0.176. The normalized spacial score (nSPS) is 11.4. The predicted octanol–water partition coefficient (Wildman–Crippen LogP) is 2.45. The predicted molar refractivity (Wildman–Crippen MR) is 81.2 cm³/mol. The van der Waals surface area contributed by atoms with Gasteiger partial charge in [-0.25, -0.2) is 5.43 Å². The first-order chi connectivity index (χ1) is 10.3. The van der Waals surface area contributed by atoms with Crippen molar-refractivity contribution in [3.63, 3.8) is 0 Å². The van der Waals surface area contributed by atoms with Crippen LogP contribution >= 0.6 is 0 Å². The molecule has 0 fully saturated rings. The molecule has 2 aromatic rings. The molecule has 1 atom stereocenters. The van der Waals surface area contributed by atoms with Crippen LogP contribution in [0.4, 0.5) is 0 Å². The lowest BCUT2D eigenvalue weighted by Crippen LogP contribution is -2.43. The molecule has 2 N–H and O–H groups in total. The second-order valence-corrected chi connectivity index (χ2v) is 4.67. The van der Waals surface area contributed by atoms with Crippen LogP contribution < -0.4 is 10.9 Å². The zero-order valence-corrected chi connectivity index (χ0v) is 11.6. The van der Waals surface area contributed by atoms with Crippen molar-refractivity contribution < 1.29 is 4.79 Å². The van der Waals surface area contributed by atoms with Crippen molar-refractivity contribution in [2.24, 2.45) is 0 Å². The SMILES string of the molecule is N#CC(CCc1ccccc1)NNC(=O)c1ccccc1. The van der Waals surface area contributed by atoms with Crippen molar-refractivity contribution in [2.75, 3.05) is 0 Å². The van der Waals surface area contributed by atoms with Gasteiger partial charge in [-0.3, -0.25) is 10.2 Å². The molecule has 4 nitrogen and oxygen atoms in total. The molecule has 0 bridgehead atoms. The van der Waals surface area contributed by atoms with E-state index in [1.165, 1.54) is 5.56 Å². The summed E-state index contributed by atoms with van der Waals surface area (Å²) < 4.78 is 0. The quantitative estimate of drug-likeness (QED) is 0.798. The Morgan fingerprint density at radius 1 is 1.05 bits per heavy atom. The monoisotopic (exact) mass is 279 g/mol. The lowest BCUT2D eigenvalue weighted by Gasteiger charge is -2.12. The summed E-state index contributed by atoms with van der Waals surface area (Å²) >= 11 is 0. The summed E-state index contributed by atoms with van der Waals surface area (Å²) in [4.78, 5) is 11.9. The number of aryl methyl sites for hydroxylation is 1. The Bertz CT molecular complexity index is 605. The van der Waals surface area contributed by atoms with E-state index in [4.69, 9.17) is 5.26 Å². The number of carbonyl (C=O) groups excluding carboxylic acids is 1. The van der Waals surface area contributed by atoms with Gasteiger partial charge in [-0.05, 0) is 30.5 Å². The summed E-state index contributed by atoms with van der Waals surface area (Å²) in [7, 11) is 0. The van der Waals surface area contributed by atoms with Gasteiger partial charge in [0.05, 0.1) is 6.07 Å². The summed E-state index contributed by atoms with van der Waals surface area (Å²) in [5.41, 5.74) is 7.09. The highest BCUT2D eigenvalue weighted by Gasteiger charge is 2.10. The van der Waals surface area contributed by atoms with Crippen molar-refractivity contribution >= 4 is 5.91 Å². The van der Waals surface area contributed by atoms with E-state index in [9.17, 15) is 4.79 Å². The van der Waals surface area contributed by atoms with Crippen LogP contribution in [-0.4, -0.2) is 11.9 Å². The zero-order chi connectivity index (χ0) is 14.9. The minimum Gasteiger partial charge on any atom is -0.286 e. The molecule has 4 heteroatoms. The summed E-state index contributed by atoms with van der Waals surface area (Å²) in [6.45, 7) is 0. The Hall–Kier alpha value is -2.64. The van der Waals surface area contributed by atoms with Gasteiger partial charge in [0.25, 0.3) is 5.91 Å². The highest BCUT2D eigenvalue weighted by atomic mass is 16.2. The van der Waals surface area contributed by atoms with E-state index in [0.29, 0.717) is 12.0 Å². The third-order valence-electron chi connectivity index (χ3n) is 3.12. The van der Waals surface area contributed by atoms with Crippen molar-refractivity contribution in [1.29, 1.82) is 5.26 Å². The Kier molecular flexibility index (Phi) is 5.50. The lowest BCUT2D eigenvalue weighted by molar-refractivity contribution is 0.0928. The number of nitrogens with zero attached hydrogens (tertiary/aromatic N) is 1. The van der Waals surface area contributed by atoms with Crippen LogP contribution in [0.1, 0.15) is 22.3 Å². The molecule has 106 valence electrons. The maximum atomic E-state index is 11.9. The first-order valence-electron chi connectivity index (χ1n) is 6.84. The fourth-order valence-electron chi connectivity index (χ4n) is 1.94. The average Bonchev–Trinajstić information content (AvgIpc) is 2.56. The second kappa shape index (κ2) is 7.83. The Labute approximate surface area is 124 Å². The standard InChI is InChI=1S/C17H17N3O/c18-13-16(12-11-14-7-3-1-4-8-14)19-20-17(21)15-9-5-2-6-10-15/h1-10,16,19H,11-12H2,(H,20,21). The second-order valence-electron chi connectivity index (χ2n) is 4.67. The summed E-state index contributed by atoms with van der Waals surface area (Å²) in [6.07, 6.45) is 1.42. The topological polar surface area (TPSA) is 64.9 Å². The molecular weight excluding hydrogens is 262 g/mol. The largest absolute Gasteiger partial charge is 0.286 e. The number of amides is 1. The maximum absolute atomic E-state index is 11.9. The van der Waals surface area contributed by atoms with Crippen molar-refractivity contribution in [3.05, 3.63) is 71.8 Å². The molecule has 0 saturated heterocycles. The molecule has 1 amide bonds. The van der Waals surface area contributed by atoms with E-state index in [2.05, 4.69) is 16.9 Å². The molecule has 0 aliphatic heterocycles. The number of hydrogen-bond donors (Lipinski definition) is 2. The number of nitriles is 1. The summed E-state index contributed by atoms with van der Waals surface area (Å²) in [5, 5.41) is 9.12. The Morgan fingerprint density at radius 2 is 1.67 bits per heavy atom. The van der Waals surface area contributed by atoms with Crippen LogP contribution in [0.15, 0.2) is 60.7 Å². The van der Waals surface area contributed by atoms with Crippen LogP contribution in [0.3, 0.4) is 0 Å². The molecule has 0 saturated carbocycles. The first kappa shape index (κ1) is 14.8. The number of hydrogen-bond acceptors (Lipinski definition) is 3. The minimum atomic E-state index is -0.419. The van der Waals surface area contributed by atoms with E-state index in [-0.39, 0.29) is 5.91 Å². The molecule has 2 aromatic carbocycles. The molecule has 0 aliphatic rings. The average molecular weight is 279 g/mol. The number of hydrazine groups is 1. The molecule has 21 heavy (non-hydrogen) atoms. The molecule has 0 aliphatic carbocycles. The maximum Gasteiger partial charge on any atom is 0.265 e. The van der Waals surface area contributed by atoms with E-state index in [1.54, 1.807) is 24.3 Å². The summed E-state index contributed by atoms with van der Waals surface area (Å²) in [6, 6.07) is 20.6. The summed E-state index contributed by atoms with van der Waals surface area (Å²) in [5.74, 6) is -0.240. The molecule has 0 aromatic heterocycles. The van der Waals surface area contributed by atoms with Gasteiger partial charge in [-0.2, -0.15) is 5.26 Å². The van der Waals surface area contributed by atoms with Gasteiger partial charge in [0, 0.05) is 5.56 Å². The van der Waals surface area contributed by atoms with Gasteiger partial charge >= 0.3 is 0 Å². The highest BCUT2D eigenvalue weighted by molar-refractivity contribution is 5.93. The van der Waals surface area contributed by atoms with Crippen LogP contribution in [0.25, 0.3) is 0 Å². The molecular formula is C17H17N3O. The van der Waals surface area contributed by atoms with Crippen molar-refractivity contribution in [1.82, 2.24) is 10.9 Å². The van der Waals surface area contributed by atoms with Gasteiger partial charge in [-0.1, -0.05) is 48.5 Å². The van der Waals surface area contributed by atoms with E-state index < -0.39 is 6.04 Å². The molecule has 0 spiro atoms. The van der Waals surface area contributed by atoms with Crippen LogP contribution in [0.5, 0.6) is 0 Å². The fourth-order valence-corrected chi connectivity index (χ4v) is 1.94. The van der Waals surface area contributed by atoms with Gasteiger partial charge in [0.2, 0.25) is 0 Å². The number of benzene rings is 2. The van der Waals surface area contributed by atoms with Crippen molar-refractivity contribution in [3.8, 4) is 6.07 Å². The zero-order valence-electron chi connectivity index (χ0n) is 11.6. The van der Waals surface area contributed by atoms with Crippen LogP contribution in [-0.2, 0) is 6.42 Å². The third kappa shape index (κ3) is 4.75. The van der Waals surface area contributed by atoms with Gasteiger partial charge in [-0.15, -0.1) is 0 Å². The van der Waals surface area contributed by atoms with E-state index >= 15 is 0 Å². The first-order valence-corrected chi connectivity index (χ1v) is 6.84. The van der Waals surface area contributed by atoms with Crippen LogP contribution in [0.2, 0.25) is 0 Å². The van der Waals surface area contributed by atoms with E-state index in [1.807, 2.05) is 36.4 Å². The molecule has 0 radical (unpaired) electrons. The minimum absolute atomic E-state index is 0.240. The molecule has 1 unspecified atom stereocenters. The number of carbonyl (C=O) groups is 1. The third-order valence-corrected chi connectivity index (χ3v) is 3.12. The van der Waals surface area contributed by atoms with Gasteiger partial charge in [0.15, 0.2) is 0 Å². The smallest absolute Gasteiger partial charge is 0.265 e. The molecule has 0 heterocycles. The van der Waals surface area contributed by atoms with Gasteiger partial charge in [0.1, 0.15) is 6.04 Å². The Balaban J connectivity index is 1.80. The number of nitrogens with one attached hydrogen (secondary N) is 2. The molecule has 2 rings (SSSR count). The van der Waals surface area contributed by atoms with E-state index in [0.717, 1.165) is 6.42 Å². The Morgan fingerprint density at radius 3 is 2.29 bits per heavy atom. The highest BCUT2D eigenvalue weighted by Crippen LogP contribution is 2.04.